The number of hydrogen-bond acceptors (Lipinski definition) is 9. The van der Waals surface area contributed by atoms with E-state index in [1.54, 1.807) is 36.1 Å². The minimum Gasteiger partial charge on any atom is -0.480 e. The molecule has 0 unspecified atom stereocenters. The van der Waals surface area contributed by atoms with Gasteiger partial charge in [0.1, 0.15) is 17.2 Å². The van der Waals surface area contributed by atoms with Crippen molar-refractivity contribution in [3.05, 3.63) is 59.7 Å². The first-order chi connectivity index (χ1) is 19.3. The minimum atomic E-state index is -4.53. The van der Waals surface area contributed by atoms with Crippen LogP contribution < -0.4 is 10.1 Å². The number of benzene rings is 2. The number of thioether (sulfide) groups is 1. The number of sulfonamides is 1. The molecule has 2 aromatic rings. The molecule has 0 aliphatic carbocycles. The third kappa shape index (κ3) is 7.39. The third-order valence-electron chi connectivity index (χ3n) is 7.04. The Labute approximate surface area is 244 Å². The zero-order valence-electron chi connectivity index (χ0n) is 23.6. The van der Waals surface area contributed by atoms with Crippen molar-refractivity contribution in [3.8, 4) is 5.75 Å². The highest BCUT2D eigenvalue weighted by atomic mass is 32.2. The van der Waals surface area contributed by atoms with Crippen LogP contribution in [-0.2, 0) is 26.0 Å². The van der Waals surface area contributed by atoms with E-state index in [9.17, 15) is 27.9 Å². The van der Waals surface area contributed by atoms with E-state index in [0.29, 0.717) is 28.7 Å². The van der Waals surface area contributed by atoms with Crippen molar-refractivity contribution >= 4 is 39.8 Å². The SMILES string of the molecule is Cc1ccc(S(=O)(=O)N(C(=O)[C@H]2NC(C)(C)CS2)[C@@H](Cc2ccc(OC(=O)N3CCN(C)CC3)cc2)C(=O)O)cc1. The van der Waals surface area contributed by atoms with Gasteiger partial charge in [-0.2, -0.15) is 0 Å². The first kappa shape index (κ1) is 30.8. The first-order valence-corrected chi connectivity index (χ1v) is 15.8. The number of carbonyl (C=O) groups excluding carboxylic acids is 2. The number of amides is 2. The van der Waals surface area contributed by atoms with Crippen molar-refractivity contribution in [1.29, 1.82) is 0 Å². The van der Waals surface area contributed by atoms with Gasteiger partial charge in [-0.1, -0.05) is 29.8 Å². The number of carboxylic acid groups (broad SMARTS) is 1. The fourth-order valence-corrected chi connectivity index (χ4v) is 7.52. The molecule has 2 aliphatic heterocycles. The molecule has 0 aromatic heterocycles. The number of carbonyl (C=O) groups is 3. The molecule has 4 rings (SSSR count). The van der Waals surface area contributed by atoms with Crippen LogP contribution in [0.4, 0.5) is 4.79 Å². The fourth-order valence-electron chi connectivity index (χ4n) is 4.58. The number of ether oxygens (including phenoxy) is 1. The van der Waals surface area contributed by atoms with Crippen LogP contribution in [0.25, 0.3) is 0 Å². The number of carboxylic acids is 1. The molecule has 2 fully saturated rings. The van der Waals surface area contributed by atoms with Gasteiger partial charge >= 0.3 is 12.1 Å². The van der Waals surface area contributed by atoms with Gasteiger partial charge in [0.25, 0.3) is 15.9 Å². The normalized spacial score (nSPS) is 19.9. The highest BCUT2D eigenvalue weighted by molar-refractivity contribution is 8.01. The molecule has 0 bridgehead atoms. The predicted octanol–water partition coefficient (Wildman–Crippen LogP) is 2.40. The van der Waals surface area contributed by atoms with Crippen molar-refractivity contribution in [2.75, 3.05) is 39.0 Å². The summed E-state index contributed by atoms with van der Waals surface area (Å²) in [5, 5.41) is 12.4. The summed E-state index contributed by atoms with van der Waals surface area (Å²) in [6.07, 6.45) is -0.751. The second kappa shape index (κ2) is 12.4. The molecule has 0 radical (unpaired) electrons. The Morgan fingerprint density at radius 1 is 1.07 bits per heavy atom. The topological polar surface area (TPSA) is 137 Å². The van der Waals surface area contributed by atoms with Crippen molar-refractivity contribution in [2.24, 2.45) is 0 Å². The smallest absolute Gasteiger partial charge is 0.415 e. The molecule has 2 aliphatic rings. The van der Waals surface area contributed by atoms with Gasteiger partial charge in [-0.15, -0.1) is 11.8 Å². The highest BCUT2D eigenvalue weighted by Gasteiger charge is 2.46. The lowest BCUT2D eigenvalue weighted by molar-refractivity contribution is -0.146. The van der Waals surface area contributed by atoms with Gasteiger partial charge in [-0.25, -0.2) is 22.3 Å². The Balaban J connectivity index is 1.58. The fraction of sp³-hybridized carbons (Fsp3) is 0.464. The molecule has 2 aromatic carbocycles. The van der Waals surface area contributed by atoms with Gasteiger partial charge in [0.2, 0.25) is 0 Å². The maximum absolute atomic E-state index is 13.8. The standard InChI is InChI=1S/C28H36N4O7S2/c1-19-5-11-22(12-6-19)41(37,38)32(25(33)24-29-28(2,3)18-40-24)23(26(34)35)17-20-7-9-21(10-8-20)39-27(36)31-15-13-30(4)14-16-31/h5-12,23-24,29H,13-18H2,1-4H3,(H,34,35)/t23-,24-/m0/s1. The van der Waals surface area contributed by atoms with Crippen molar-refractivity contribution in [3.63, 3.8) is 0 Å². The molecule has 2 saturated heterocycles. The lowest BCUT2D eigenvalue weighted by Crippen LogP contribution is -2.55. The van der Waals surface area contributed by atoms with Gasteiger partial charge in [-0.3, -0.25) is 10.1 Å². The molecule has 2 atom stereocenters. The van der Waals surface area contributed by atoms with Gasteiger partial charge in [0.15, 0.2) is 0 Å². The zero-order chi connectivity index (χ0) is 29.9. The van der Waals surface area contributed by atoms with Crippen LogP contribution in [0, 0.1) is 6.92 Å². The lowest BCUT2D eigenvalue weighted by atomic mass is 10.1. The van der Waals surface area contributed by atoms with E-state index in [2.05, 4.69) is 10.2 Å². The van der Waals surface area contributed by atoms with Gasteiger partial charge in [0, 0.05) is 43.9 Å². The quantitative estimate of drug-likeness (QED) is 0.462. The number of aryl methyl sites for hydroxylation is 1. The summed E-state index contributed by atoms with van der Waals surface area (Å²) in [7, 11) is -2.54. The molecule has 2 N–H and O–H groups in total. The third-order valence-corrected chi connectivity index (χ3v) is 10.4. The average molecular weight is 605 g/mol. The Morgan fingerprint density at radius 2 is 1.68 bits per heavy atom. The summed E-state index contributed by atoms with van der Waals surface area (Å²) in [5.41, 5.74) is 0.848. The van der Waals surface area contributed by atoms with E-state index in [4.69, 9.17) is 4.74 Å². The Kier molecular flexibility index (Phi) is 9.32. The van der Waals surface area contributed by atoms with Crippen LogP contribution in [0.15, 0.2) is 53.4 Å². The molecule has 222 valence electrons. The first-order valence-electron chi connectivity index (χ1n) is 13.3. The number of hydrogen-bond donors (Lipinski definition) is 2. The van der Waals surface area contributed by atoms with Crippen LogP contribution >= 0.6 is 11.8 Å². The van der Waals surface area contributed by atoms with Crippen LogP contribution in [0.5, 0.6) is 5.75 Å². The summed E-state index contributed by atoms with van der Waals surface area (Å²) in [5.74, 6) is -1.47. The van der Waals surface area contributed by atoms with Gasteiger partial charge < -0.3 is 19.6 Å². The van der Waals surface area contributed by atoms with Crippen LogP contribution in [0.3, 0.4) is 0 Å². The van der Waals surface area contributed by atoms with Gasteiger partial charge in [-0.05, 0) is 57.6 Å². The van der Waals surface area contributed by atoms with Crippen LogP contribution in [0.1, 0.15) is 25.0 Å². The van der Waals surface area contributed by atoms with Crippen molar-refractivity contribution in [1.82, 2.24) is 19.4 Å². The number of likely N-dealkylation sites (N-methyl/N-ethyl adjacent to an activating group) is 1. The molecular formula is C28H36N4O7S2. The van der Waals surface area contributed by atoms with E-state index in [0.717, 1.165) is 18.7 Å². The maximum Gasteiger partial charge on any atom is 0.415 e. The van der Waals surface area contributed by atoms with Gasteiger partial charge in [0.05, 0.1) is 4.90 Å². The summed E-state index contributed by atoms with van der Waals surface area (Å²) >= 11 is 1.24. The molecule has 0 spiro atoms. The zero-order valence-corrected chi connectivity index (χ0v) is 25.2. The predicted molar refractivity (Wildman–Crippen MR) is 155 cm³/mol. The summed E-state index contributed by atoms with van der Waals surface area (Å²) in [6.45, 7) is 8.18. The summed E-state index contributed by atoms with van der Waals surface area (Å²) < 4.78 is 33.6. The van der Waals surface area contributed by atoms with E-state index in [1.165, 1.54) is 36.0 Å². The average Bonchev–Trinajstić information content (AvgIpc) is 3.29. The maximum atomic E-state index is 13.8. The molecular weight excluding hydrogens is 568 g/mol. The number of nitrogens with one attached hydrogen (secondary N) is 1. The number of nitrogens with zero attached hydrogens (tertiary/aromatic N) is 3. The molecule has 41 heavy (non-hydrogen) atoms. The molecule has 13 heteroatoms. The van der Waals surface area contributed by atoms with Crippen LogP contribution in [0.2, 0.25) is 0 Å². The Morgan fingerprint density at radius 3 is 2.22 bits per heavy atom. The largest absolute Gasteiger partial charge is 0.480 e. The summed E-state index contributed by atoms with van der Waals surface area (Å²) in [6, 6.07) is 10.4. The number of rotatable bonds is 8. The van der Waals surface area contributed by atoms with Crippen molar-refractivity contribution in [2.45, 2.75) is 49.0 Å². The van der Waals surface area contributed by atoms with E-state index in [1.807, 2.05) is 20.9 Å². The monoisotopic (exact) mass is 604 g/mol. The van der Waals surface area contributed by atoms with E-state index < -0.39 is 44.9 Å². The number of aliphatic carboxylic acids is 1. The molecule has 2 amide bonds. The molecule has 2 heterocycles. The second-order valence-electron chi connectivity index (χ2n) is 11.0. The van der Waals surface area contributed by atoms with E-state index >= 15 is 0 Å². The van der Waals surface area contributed by atoms with Crippen molar-refractivity contribution < 1.29 is 32.6 Å². The Bertz CT molecular complexity index is 1370. The highest BCUT2D eigenvalue weighted by Crippen LogP contribution is 2.31. The second-order valence-corrected chi connectivity index (χ2v) is 13.9. The summed E-state index contributed by atoms with van der Waals surface area (Å²) in [4.78, 5) is 42.4. The molecule has 11 nitrogen and oxygen atoms in total. The Hall–Kier alpha value is -3.13. The van der Waals surface area contributed by atoms with E-state index in [-0.39, 0.29) is 17.1 Å². The minimum absolute atomic E-state index is 0.170. The van der Waals surface area contributed by atoms with Crippen LogP contribution in [-0.4, -0.2) is 102 Å². The lowest BCUT2D eigenvalue weighted by Gasteiger charge is -2.31. The number of piperazine rings is 1. The molecule has 0 saturated carbocycles.